The Labute approximate surface area is 185 Å². The van der Waals surface area contributed by atoms with Crippen molar-refractivity contribution in [1.29, 1.82) is 0 Å². The third-order valence-electron chi connectivity index (χ3n) is 5.53. The molecule has 1 N–H and O–H groups in total. The molecule has 32 heavy (non-hydrogen) atoms. The Bertz CT molecular complexity index is 1190. The Morgan fingerprint density at radius 2 is 1.91 bits per heavy atom. The first-order valence-corrected chi connectivity index (χ1v) is 10.5. The van der Waals surface area contributed by atoms with Crippen molar-refractivity contribution in [2.24, 2.45) is 0 Å². The summed E-state index contributed by atoms with van der Waals surface area (Å²) in [6.45, 7) is 2.67. The maximum atomic E-state index is 13.3. The molecule has 2 heterocycles. The Kier molecular flexibility index (Phi) is 5.15. The van der Waals surface area contributed by atoms with Crippen LogP contribution in [0.4, 0.5) is 5.69 Å². The summed E-state index contributed by atoms with van der Waals surface area (Å²) in [5.41, 5.74) is 3.66. The molecule has 0 fully saturated rings. The molecule has 3 aromatic rings. The molecule has 2 aliphatic rings. The van der Waals surface area contributed by atoms with E-state index in [0.717, 1.165) is 16.8 Å². The number of hydrogen-bond donors (Lipinski definition) is 1. The van der Waals surface area contributed by atoms with Crippen LogP contribution in [0.1, 0.15) is 44.9 Å². The summed E-state index contributed by atoms with van der Waals surface area (Å²) < 4.78 is 16.0. The summed E-state index contributed by atoms with van der Waals surface area (Å²) in [5.74, 6) is 0.946. The average molecular weight is 430 g/mol. The van der Waals surface area contributed by atoms with Gasteiger partial charge in [0.1, 0.15) is 6.17 Å². The third kappa shape index (κ3) is 3.62. The fourth-order valence-electron chi connectivity index (χ4n) is 4.03. The van der Waals surface area contributed by atoms with Crippen LogP contribution in [0.2, 0.25) is 0 Å². The van der Waals surface area contributed by atoms with Gasteiger partial charge in [-0.1, -0.05) is 30.3 Å². The van der Waals surface area contributed by atoms with E-state index in [1.165, 1.54) is 0 Å². The largest absolute Gasteiger partial charge is 0.462 e. The molecular weight excluding hydrogens is 408 g/mol. The van der Waals surface area contributed by atoms with Gasteiger partial charge in [0.25, 0.3) is 5.91 Å². The Morgan fingerprint density at radius 1 is 1.06 bits per heavy atom. The number of ether oxygens (including phenoxy) is 3. The number of carbonyl (C=O) groups is 2. The highest BCUT2D eigenvalue weighted by atomic mass is 16.7. The molecule has 0 saturated carbocycles. The zero-order chi connectivity index (χ0) is 22.1. The number of benzene rings is 3. The molecule has 1 atom stereocenters. The van der Waals surface area contributed by atoms with Crippen LogP contribution in [-0.4, -0.2) is 30.2 Å². The van der Waals surface area contributed by atoms with Gasteiger partial charge in [0, 0.05) is 23.4 Å². The van der Waals surface area contributed by atoms with Crippen molar-refractivity contribution in [2.45, 2.75) is 19.6 Å². The van der Waals surface area contributed by atoms with Crippen LogP contribution >= 0.6 is 0 Å². The Morgan fingerprint density at radius 3 is 2.78 bits per heavy atom. The number of nitrogens with one attached hydrogen (secondary N) is 1. The fourth-order valence-corrected chi connectivity index (χ4v) is 4.03. The summed E-state index contributed by atoms with van der Waals surface area (Å²) >= 11 is 0. The fraction of sp³-hybridized carbons (Fsp3) is 0.200. The van der Waals surface area contributed by atoms with Crippen molar-refractivity contribution in [2.75, 3.05) is 18.7 Å². The maximum absolute atomic E-state index is 13.3. The van der Waals surface area contributed by atoms with Gasteiger partial charge in [-0.15, -0.1) is 0 Å². The lowest BCUT2D eigenvalue weighted by Gasteiger charge is -2.27. The number of esters is 1. The second-order valence-electron chi connectivity index (χ2n) is 7.56. The number of fused-ring (bicyclic) bond motifs is 2. The molecule has 0 radical (unpaired) electrons. The van der Waals surface area contributed by atoms with Crippen LogP contribution < -0.4 is 14.8 Å². The van der Waals surface area contributed by atoms with Crippen molar-refractivity contribution in [3.63, 3.8) is 0 Å². The molecule has 5 rings (SSSR count). The summed E-state index contributed by atoms with van der Waals surface area (Å²) in [6.07, 6.45) is -0.387. The second-order valence-corrected chi connectivity index (χ2v) is 7.56. The molecular formula is C25H22N2O5. The maximum Gasteiger partial charge on any atom is 0.338 e. The lowest BCUT2D eigenvalue weighted by Crippen LogP contribution is -2.31. The minimum Gasteiger partial charge on any atom is -0.462 e. The molecule has 1 amide bonds. The van der Waals surface area contributed by atoms with Crippen LogP contribution in [0, 0.1) is 0 Å². The first kappa shape index (κ1) is 19.9. The van der Waals surface area contributed by atoms with Crippen molar-refractivity contribution in [3.8, 4) is 11.5 Å². The molecule has 162 valence electrons. The van der Waals surface area contributed by atoms with Gasteiger partial charge in [-0.05, 0) is 48.9 Å². The molecule has 0 saturated heterocycles. The van der Waals surface area contributed by atoms with Crippen LogP contribution in [0.15, 0.2) is 66.7 Å². The van der Waals surface area contributed by atoms with E-state index in [4.69, 9.17) is 14.2 Å². The summed E-state index contributed by atoms with van der Waals surface area (Å²) in [4.78, 5) is 27.2. The topological polar surface area (TPSA) is 77.1 Å². The molecule has 7 heteroatoms. The minimum absolute atomic E-state index is 0.0580. The number of rotatable bonds is 6. The summed E-state index contributed by atoms with van der Waals surface area (Å²) in [7, 11) is 0. The Balaban J connectivity index is 1.45. The van der Waals surface area contributed by atoms with Gasteiger partial charge in [-0.3, -0.25) is 4.79 Å². The van der Waals surface area contributed by atoms with Gasteiger partial charge in [-0.2, -0.15) is 0 Å². The summed E-state index contributed by atoms with van der Waals surface area (Å²) in [5, 5.41) is 3.43. The number of nitrogens with zero attached hydrogens (tertiary/aromatic N) is 1. The van der Waals surface area contributed by atoms with E-state index in [2.05, 4.69) is 5.32 Å². The van der Waals surface area contributed by atoms with Crippen LogP contribution in [-0.2, 0) is 11.3 Å². The molecule has 2 aliphatic heterocycles. The quantitative estimate of drug-likeness (QED) is 0.586. The number of hydrogen-bond acceptors (Lipinski definition) is 6. The SMILES string of the molecule is CCOC(=O)c1cccc(N[C@@H]2c3ccccc3C(=O)N2Cc2ccc3c(c2)OCO3)c1. The van der Waals surface area contributed by atoms with Gasteiger partial charge < -0.3 is 24.4 Å². The minimum atomic E-state index is -0.387. The van der Waals surface area contributed by atoms with Crippen LogP contribution in [0.25, 0.3) is 0 Å². The smallest absolute Gasteiger partial charge is 0.338 e. The lowest BCUT2D eigenvalue weighted by atomic mass is 10.1. The number of anilines is 1. The summed E-state index contributed by atoms with van der Waals surface area (Å²) in [6, 6.07) is 20.4. The molecule has 0 unspecified atom stereocenters. The van der Waals surface area contributed by atoms with Gasteiger partial charge in [-0.25, -0.2) is 4.79 Å². The second kappa shape index (κ2) is 8.26. The Hall–Kier alpha value is -4.00. The number of carbonyl (C=O) groups excluding carboxylic acids is 2. The van der Waals surface area contributed by atoms with Crippen LogP contribution in [0.3, 0.4) is 0 Å². The highest BCUT2D eigenvalue weighted by Crippen LogP contribution is 2.38. The highest BCUT2D eigenvalue weighted by Gasteiger charge is 2.36. The normalized spacial score (nSPS) is 16.1. The van der Waals surface area contributed by atoms with E-state index in [0.29, 0.717) is 35.8 Å². The van der Waals surface area contributed by atoms with E-state index < -0.39 is 0 Å². The lowest BCUT2D eigenvalue weighted by molar-refractivity contribution is 0.0526. The van der Waals surface area contributed by atoms with E-state index >= 15 is 0 Å². The highest BCUT2D eigenvalue weighted by molar-refractivity contribution is 5.99. The van der Waals surface area contributed by atoms with Crippen molar-refractivity contribution in [1.82, 2.24) is 4.90 Å². The molecule has 3 aromatic carbocycles. The van der Waals surface area contributed by atoms with E-state index in [1.54, 1.807) is 30.0 Å². The first-order chi connectivity index (χ1) is 15.6. The van der Waals surface area contributed by atoms with Crippen molar-refractivity contribution >= 4 is 17.6 Å². The van der Waals surface area contributed by atoms with Crippen LogP contribution in [0.5, 0.6) is 11.5 Å². The molecule has 0 bridgehead atoms. The van der Waals surface area contributed by atoms with Gasteiger partial charge in [0.05, 0.1) is 12.2 Å². The first-order valence-electron chi connectivity index (χ1n) is 10.5. The average Bonchev–Trinajstić information content (AvgIpc) is 3.38. The molecule has 0 spiro atoms. The molecule has 0 aromatic heterocycles. The standard InChI is InChI=1S/C25H22N2O5/c1-2-30-25(29)17-6-5-7-18(13-17)26-23-19-8-3-4-9-20(19)24(28)27(23)14-16-10-11-21-22(12-16)32-15-31-21/h3-13,23,26H,2,14-15H2,1H3/t23-/m0/s1. The van der Waals surface area contributed by atoms with E-state index in [1.807, 2.05) is 48.5 Å². The predicted molar refractivity (Wildman–Crippen MR) is 118 cm³/mol. The van der Waals surface area contributed by atoms with Crippen molar-refractivity contribution < 1.29 is 23.8 Å². The van der Waals surface area contributed by atoms with Gasteiger partial charge >= 0.3 is 5.97 Å². The zero-order valence-electron chi connectivity index (χ0n) is 17.5. The zero-order valence-corrected chi connectivity index (χ0v) is 17.5. The van der Waals surface area contributed by atoms with Gasteiger partial charge in [0.2, 0.25) is 6.79 Å². The van der Waals surface area contributed by atoms with E-state index in [9.17, 15) is 9.59 Å². The van der Waals surface area contributed by atoms with Gasteiger partial charge in [0.15, 0.2) is 11.5 Å². The predicted octanol–water partition coefficient (Wildman–Crippen LogP) is 4.36. The number of amides is 1. The van der Waals surface area contributed by atoms with Crippen molar-refractivity contribution in [3.05, 3.63) is 89.0 Å². The monoisotopic (exact) mass is 430 g/mol. The molecule has 7 nitrogen and oxygen atoms in total. The molecule has 0 aliphatic carbocycles. The van der Waals surface area contributed by atoms with E-state index in [-0.39, 0.29) is 24.8 Å². The third-order valence-corrected chi connectivity index (χ3v) is 5.53.